The molecule has 0 spiro atoms. The van der Waals surface area contributed by atoms with Gasteiger partial charge in [-0.15, -0.1) is 0 Å². The zero-order valence-corrected chi connectivity index (χ0v) is 21.7. The highest BCUT2D eigenvalue weighted by Crippen LogP contribution is 2.21. The summed E-state index contributed by atoms with van der Waals surface area (Å²) in [4.78, 5) is 39.0. The van der Waals surface area contributed by atoms with Crippen molar-refractivity contribution in [1.82, 2.24) is 10.6 Å². The minimum atomic E-state index is -0.576. The summed E-state index contributed by atoms with van der Waals surface area (Å²) in [5.41, 5.74) is 1.89. The van der Waals surface area contributed by atoms with Crippen LogP contribution in [0.3, 0.4) is 0 Å². The molecule has 2 amide bonds. The molecule has 204 valence electrons. The summed E-state index contributed by atoms with van der Waals surface area (Å²) >= 11 is 0. The van der Waals surface area contributed by atoms with Gasteiger partial charge in [0.2, 0.25) is 11.8 Å². The predicted octanol–water partition coefficient (Wildman–Crippen LogP) is 3.12. The minimum Gasteiger partial charge on any atom is -0.463 e. The average Bonchev–Trinajstić information content (AvgIpc) is 2.95. The summed E-state index contributed by atoms with van der Waals surface area (Å²) in [5.74, 6) is -1.68. The molecule has 1 aliphatic heterocycles. The quantitative estimate of drug-likeness (QED) is 0.251. The molecule has 2 aromatic rings. The number of hydrogen-bond donors (Lipinski definition) is 3. The van der Waals surface area contributed by atoms with Crippen LogP contribution in [-0.4, -0.2) is 55.9 Å². The first-order chi connectivity index (χ1) is 18.6. The van der Waals surface area contributed by atoms with E-state index < -0.39 is 12.0 Å². The van der Waals surface area contributed by atoms with Crippen molar-refractivity contribution in [3.05, 3.63) is 83.9 Å². The number of amides is 2. The van der Waals surface area contributed by atoms with Gasteiger partial charge in [-0.3, -0.25) is 14.4 Å². The van der Waals surface area contributed by atoms with Gasteiger partial charge >= 0.3 is 5.97 Å². The molecule has 0 aromatic heterocycles. The lowest BCUT2D eigenvalue weighted by atomic mass is 9.94. The van der Waals surface area contributed by atoms with E-state index in [1.54, 1.807) is 0 Å². The van der Waals surface area contributed by atoms with E-state index in [0.29, 0.717) is 32.2 Å². The Morgan fingerprint density at radius 2 is 1.74 bits per heavy atom. The molecule has 38 heavy (non-hydrogen) atoms. The molecule has 1 aliphatic rings. The van der Waals surface area contributed by atoms with Gasteiger partial charge in [0.05, 0.1) is 37.7 Å². The van der Waals surface area contributed by atoms with Crippen LogP contribution in [0.15, 0.2) is 72.8 Å². The van der Waals surface area contributed by atoms with Crippen LogP contribution < -0.4 is 10.6 Å². The molecule has 8 nitrogen and oxygen atoms in total. The number of rotatable bonds is 10. The van der Waals surface area contributed by atoms with Gasteiger partial charge in [0.25, 0.3) is 0 Å². The third kappa shape index (κ3) is 10.1. The first-order valence-corrected chi connectivity index (χ1v) is 13.2. The number of hydrogen-bond acceptors (Lipinski definition) is 6. The smallest absolute Gasteiger partial charge is 0.309 e. The number of aliphatic hydroxyl groups excluding tert-OH is 1. The second kappa shape index (κ2) is 16.4. The molecular weight excluding hydrogens is 484 g/mol. The number of carbonyl (C=O) groups is 3. The van der Waals surface area contributed by atoms with E-state index in [2.05, 4.69) is 10.6 Å². The van der Waals surface area contributed by atoms with Crippen molar-refractivity contribution in [2.24, 2.45) is 11.8 Å². The van der Waals surface area contributed by atoms with E-state index in [0.717, 1.165) is 11.1 Å². The highest BCUT2D eigenvalue weighted by Gasteiger charge is 2.27. The highest BCUT2D eigenvalue weighted by molar-refractivity contribution is 5.86. The zero-order chi connectivity index (χ0) is 27.0. The van der Waals surface area contributed by atoms with Gasteiger partial charge < -0.3 is 25.2 Å². The number of ether oxygens (including phenoxy) is 2. The van der Waals surface area contributed by atoms with Crippen LogP contribution in [0.4, 0.5) is 0 Å². The van der Waals surface area contributed by atoms with Crippen LogP contribution in [0.1, 0.15) is 42.9 Å². The lowest BCUT2D eigenvalue weighted by Gasteiger charge is -2.23. The van der Waals surface area contributed by atoms with Gasteiger partial charge in [-0.1, -0.05) is 72.8 Å². The van der Waals surface area contributed by atoms with Crippen LogP contribution >= 0.6 is 0 Å². The van der Waals surface area contributed by atoms with Crippen molar-refractivity contribution in [3.63, 3.8) is 0 Å². The Morgan fingerprint density at radius 3 is 2.47 bits per heavy atom. The molecule has 3 N–H and O–H groups in total. The second-order valence-corrected chi connectivity index (χ2v) is 9.36. The van der Waals surface area contributed by atoms with Gasteiger partial charge in [-0.05, 0) is 36.8 Å². The summed E-state index contributed by atoms with van der Waals surface area (Å²) in [5, 5.41) is 14.6. The second-order valence-electron chi connectivity index (χ2n) is 9.36. The van der Waals surface area contributed by atoms with Crippen LogP contribution in [-0.2, 0) is 30.3 Å². The van der Waals surface area contributed by atoms with Gasteiger partial charge in [-0.2, -0.15) is 0 Å². The van der Waals surface area contributed by atoms with Gasteiger partial charge in [0.15, 0.2) is 0 Å². The fraction of sp³-hybridized carbons (Fsp3) is 0.433. The maximum absolute atomic E-state index is 13.3. The standard InChI is InChI=1S/C30H38N2O6/c33-17-19-37-18-16-31-28(34)21-25-14-8-3-9-15-26(20-23-10-4-1-5-11-23)30(36)38-22-27(32-29(25)35)24-12-6-2-7-13-24/h1-8,10-13,25-27,33H,9,14-22H2,(H,31,34)(H,32,35)/t25-,26-,27+/m1/s1. The van der Waals surface area contributed by atoms with Crippen molar-refractivity contribution in [3.8, 4) is 0 Å². The molecule has 1 heterocycles. The molecule has 2 aromatic carbocycles. The van der Waals surface area contributed by atoms with Crippen molar-refractivity contribution in [1.29, 1.82) is 0 Å². The van der Waals surface area contributed by atoms with E-state index in [1.165, 1.54) is 0 Å². The molecule has 3 atom stereocenters. The normalized spacial score (nSPS) is 20.8. The summed E-state index contributed by atoms with van der Waals surface area (Å²) < 4.78 is 10.9. The summed E-state index contributed by atoms with van der Waals surface area (Å²) in [7, 11) is 0. The van der Waals surface area contributed by atoms with Crippen LogP contribution in [0.2, 0.25) is 0 Å². The highest BCUT2D eigenvalue weighted by atomic mass is 16.5. The summed E-state index contributed by atoms with van der Waals surface area (Å²) in [6.45, 7) is 0.730. The first kappa shape index (κ1) is 29.1. The Morgan fingerprint density at radius 1 is 1.00 bits per heavy atom. The molecule has 0 saturated carbocycles. The Labute approximate surface area is 224 Å². The van der Waals surface area contributed by atoms with E-state index >= 15 is 0 Å². The van der Waals surface area contributed by atoms with Crippen LogP contribution in [0, 0.1) is 11.8 Å². The molecule has 0 radical (unpaired) electrons. The lowest BCUT2D eigenvalue weighted by Crippen LogP contribution is -2.39. The number of carbonyl (C=O) groups excluding carboxylic acids is 3. The molecular formula is C30H38N2O6. The third-order valence-corrected chi connectivity index (χ3v) is 6.44. The van der Waals surface area contributed by atoms with Crippen molar-refractivity contribution in [2.75, 3.05) is 33.0 Å². The summed E-state index contributed by atoms with van der Waals surface area (Å²) in [6, 6.07) is 18.7. The number of esters is 1. The average molecular weight is 523 g/mol. The lowest BCUT2D eigenvalue weighted by molar-refractivity contribution is -0.150. The topological polar surface area (TPSA) is 114 Å². The molecule has 0 unspecified atom stereocenters. The molecule has 3 rings (SSSR count). The van der Waals surface area contributed by atoms with Crippen LogP contribution in [0.5, 0.6) is 0 Å². The molecule has 0 aliphatic carbocycles. The van der Waals surface area contributed by atoms with E-state index in [4.69, 9.17) is 14.6 Å². The maximum atomic E-state index is 13.3. The number of allylic oxidation sites excluding steroid dienone is 2. The fourth-order valence-electron chi connectivity index (χ4n) is 4.37. The summed E-state index contributed by atoms with van der Waals surface area (Å²) in [6.07, 6.45) is 6.19. The number of cyclic esters (lactones) is 1. The number of nitrogens with one attached hydrogen (secondary N) is 2. The Balaban J connectivity index is 1.72. The Bertz CT molecular complexity index is 1030. The van der Waals surface area contributed by atoms with Crippen molar-refractivity contribution < 1.29 is 29.0 Å². The fourth-order valence-corrected chi connectivity index (χ4v) is 4.37. The number of aliphatic hydroxyl groups is 1. The molecule has 0 bridgehead atoms. The first-order valence-electron chi connectivity index (χ1n) is 13.2. The van der Waals surface area contributed by atoms with Crippen LogP contribution in [0.25, 0.3) is 0 Å². The van der Waals surface area contributed by atoms with E-state index in [9.17, 15) is 14.4 Å². The minimum absolute atomic E-state index is 0.00835. The van der Waals surface area contributed by atoms with Gasteiger partial charge in [-0.25, -0.2) is 0 Å². The Hall–Kier alpha value is -3.49. The van der Waals surface area contributed by atoms with Gasteiger partial charge in [0, 0.05) is 13.0 Å². The molecule has 8 heteroatoms. The maximum Gasteiger partial charge on any atom is 0.309 e. The number of benzene rings is 2. The largest absolute Gasteiger partial charge is 0.463 e. The predicted molar refractivity (Wildman–Crippen MR) is 144 cm³/mol. The SMILES string of the molecule is O=C(C[C@H]1CC=CCC[C@H](Cc2ccccc2)C(=O)OC[C@@H](c2ccccc2)NC1=O)NCCOCCO. The monoisotopic (exact) mass is 522 g/mol. The third-order valence-electron chi connectivity index (χ3n) is 6.44. The molecule has 0 fully saturated rings. The van der Waals surface area contributed by atoms with Crippen molar-refractivity contribution >= 4 is 17.8 Å². The Kier molecular flexibility index (Phi) is 12.5. The van der Waals surface area contributed by atoms with E-state index in [-0.39, 0.29) is 56.5 Å². The van der Waals surface area contributed by atoms with E-state index in [1.807, 2.05) is 72.8 Å². The molecule has 0 saturated heterocycles. The van der Waals surface area contributed by atoms with Gasteiger partial charge in [0.1, 0.15) is 6.61 Å². The van der Waals surface area contributed by atoms with Crippen molar-refractivity contribution in [2.45, 2.75) is 38.1 Å². The zero-order valence-electron chi connectivity index (χ0n) is 21.7.